The number of aryl methyl sites for hydroxylation is 1. The van der Waals surface area contributed by atoms with Gasteiger partial charge < -0.3 is 44.1 Å². The fraction of sp³-hybridized carbons (Fsp3) is 0.357. The van der Waals surface area contributed by atoms with Crippen LogP contribution in [0.1, 0.15) is 25.5 Å². The van der Waals surface area contributed by atoms with Crippen molar-refractivity contribution in [2.75, 3.05) is 31.8 Å². The number of carbonyl (C=O) groups is 3. The number of benzene rings is 2. The van der Waals surface area contributed by atoms with E-state index in [2.05, 4.69) is 28.9 Å². The highest BCUT2D eigenvalue weighted by Gasteiger charge is 2.40. The Bertz CT molecular complexity index is 1280. The van der Waals surface area contributed by atoms with E-state index < -0.39 is 36.4 Å². The Hall–Kier alpha value is -4.78. The maximum Gasteiger partial charge on any atom is 0.336 e. The first kappa shape index (κ1) is 32.4. The van der Waals surface area contributed by atoms with Crippen LogP contribution in [0, 0.1) is 0 Å². The average molecular weight is 574 g/mol. The second-order valence-electron chi connectivity index (χ2n) is 8.83. The van der Waals surface area contributed by atoms with E-state index in [9.17, 15) is 14.4 Å². The molecule has 0 radical (unpaired) electrons. The molecule has 13 heteroatoms. The van der Waals surface area contributed by atoms with Gasteiger partial charge in [-0.05, 0) is 31.2 Å². The number of hydrogen-bond acceptors (Lipinski definition) is 9. The van der Waals surface area contributed by atoms with Crippen LogP contribution in [0.2, 0.25) is 0 Å². The number of aliphatic carboxylic acids is 3. The van der Waals surface area contributed by atoms with Gasteiger partial charge in [0.2, 0.25) is 0 Å². The average Bonchev–Trinajstić information content (AvgIpc) is 3.33. The molecular weight excluding hydrogens is 538 g/mol. The number of nitrogens with zero attached hydrogens (tertiary/aromatic N) is 3. The summed E-state index contributed by atoms with van der Waals surface area (Å²) < 4.78 is 19.0. The third-order valence-electron chi connectivity index (χ3n) is 5.80. The van der Waals surface area contributed by atoms with Crippen molar-refractivity contribution in [3.63, 3.8) is 0 Å². The number of ether oxygens (including phenoxy) is 3. The lowest BCUT2D eigenvalue weighted by Gasteiger charge is -2.23. The summed E-state index contributed by atoms with van der Waals surface area (Å²) in [6, 6.07) is 15.7. The normalized spacial score (nSPS) is 10.6. The van der Waals surface area contributed by atoms with E-state index in [-0.39, 0.29) is 0 Å². The van der Waals surface area contributed by atoms with Crippen molar-refractivity contribution < 1.29 is 49.0 Å². The van der Waals surface area contributed by atoms with Gasteiger partial charge in [0.25, 0.3) is 0 Å². The molecule has 2 aromatic carbocycles. The van der Waals surface area contributed by atoms with Gasteiger partial charge in [-0.15, -0.1) is 0 Å². The second kappa shape index (κ2) is 15.7. The van der Waals surface area contributed by atoms with Gasteiger partial charge in [-0.25, -0.2) is 9.78 Å². The van der Waals surface area contributed by atoms with E-state index >= 15 is 0 Å². The highest BCUT2D eigenvalue weighted by Crippen LogP contribution is 2.26. The molecule has 1 heterocycles. The van der Waals surface area contributed by atoms with Gasteiger partial charge in [0.15, 0.2) is 17.1 Å². The molecule has 41 heavy (non-hydrogen) atoms. The van der Waals surface area contributed by atoms with Gasteiger partial charge in [0.1, 0.15) is 19.0 Å². The molecule has 1 aromatic heterocycles. The predicted molar refractivity (Wildman–Crippen MR) is 147 cm³/mol. The molecule has 0 aliphatic heterocycles. The van der Waals surface area contributed by atoms with Gasteiger partial charge in [0.05, 0.1) is 38.5 Å². The zero-order valence-corrected chi connectivity index (χ0v) is 23.1. The van der Waals surface area contributed by atoms with Gasteiger partial charge in [-0.2, -0.15) is 0 Å². The monoisotopic (exact) mass is 573 g/mol. The van der Waals surface area contributed by atoms with Gasteiger partial charge in [-0.1, -0.05) is 18.2 Å². The van der Waals surface area contributed by atoms with Crippen molar-refractivity contribution in [1.29, 1.82) is 0 Å². The molecule has 0 aliphatic rings. The van der Waals surface area contributed by atoms with Crippen molar-refractivity contribution in [3.05, 3.63) is 66.7 Å². The molecule has 3 rings (SSSR count). The van der Waals surface area contributed by atoms with Crippen molar-refractivity contribution in [1.82, 2.24) is 9.55 Å². The molecule has 0 atom stereocenters. The lowest BCUT2D eigenvalue weighted by Crippen LogP contribution is -2.42. The third kappa shape index (κ3) is 10.4. The molecule has 0 amide bonds. The fourth-order valence-electron chi connectivity index (χ4n) is 3.65. The molecular formula is C28H35N3O10. The predicted octanol–water partition coefficient (Wildman–Crippen LogP) is 2.66. The molecule has 0 fully saturated rings. The molecule has 0 unspecified atom stereocenters. The maximum absolute atomic E-state index is 10.3. The van der Waals surface area contributed by atoms with E-state index in [1.165, 1.54) is 5.69 Å². The van der Waals surface area contributed by atoms with Crippen molar-refractivity contribution in [2.24, 2.45) is 7.05 Å². The van der Waals surface area contributed by atoms with Crippen LogP contribution in [0.25, 0.3) is 0 Å². The summed E-state index contributed by atoms with van der Waals surface area (Å²) in [5.41, 5.74) is -0.456. The largest absolute Gasteiger partial charge is 0.493 e. The maximum atomic E-state index is 10.3. The minimum Gasteiger partial charge on any atom is -0.493 e. The van der Waals surface area contributed by atoms with Crippen LogP contribution in [0.15, 0.2) is 61.1 Å². The van der Waals surface area contributed by atoms with Crippen molar-refractivity contribution in [2.45, 2.75) is 31.9 Å². The van der Waals surface area contributed by atoms with Gasteiger partial charge in [0, 0.05) is 31.5 Å². The number of carboxylic acids is 3. The minimum absolute atomic E-state index is 0.442. The lowest BCUT2D eigenvalue weighted by atomic mass is 9.96. The smallest absolute Gasteiger partial charge is 0.336 e. The molecule has 222 valence electrons. The Morgan fingerprint density at radius 3 is 2.12 bits per heavy atom. The topological polar surface area (TPSA) is 181 Å². The van der Waals surface area contributed by atoms with Crippen LogP contribution in [0.4, 0.5) is 5.69 Å². The summed E-state index contributed by atoms with van der Waals surface area (Å²) in [5, 5.41) is 33.8. The van der Waals surface area contributed by atoms with Gasteiger partial charge >= 0.3 is 17.9 Å². The van der Waals surface area contributed by atoms with Crippen LogP contribution in [0.5, 0.6) is 17.2 Å². The molecule has 0 aliphatic carbocycles. The van der Waals surface area contributed by atoms with E-state index in [0.29, 0.717) is 13.2 Å². The van der Waals surface area contributed by atoms with E-state index in [1.54, 1.807) is 7.11 Å². The number of aromatic nitrogens is 2. The molecule has 0 bridgehead atoms. The van der Waals surface area contributed by atoms with Crippen molar-refractivity contribution in [3.8, 4) is 17.2 Å². The Balaban J connectivity index is 0.000000383. The fourth-order valence-corrected chi connectivity index (χ4v) is 3.65. The van der Waals surface area contributed by atoms with E-state index in [4.69, 9.17) is 34.6 Å². The Labute approximate surface area is 237 Å². The third-order valence-corrected chi connectivity index (χ3v) is 5.80. The number of methoxy groups -OCH3 is 1. The Morgan fingerprint density at radius 1 is 0.951 bits per heavy atom. The highest BCUT2D eigenvalue weighted by atomic mass is 16.5. The molecule has 13 nitrogen and oxygen atoms in total. The van der Waals surface area contributed by atoms with Crippen LogP contribution < -0.4 is 19.1 Å². The Kier molecular flexibility index (Phi) is 12.4. The standard InChI is InChI=1S/C22H27N3O3.C6H8O7/c1-4-25(16-19-15-23-17-24(19)2)18-8-7-9-20(14-18)27-12-13-28-22-11-6-5-10-21(22)26-3;7-3(8)1-6(13,5(11)12)2-4(9)10/h5-11,14-15,17H,4,12-13,16H2,1-3H3;13H,1-2H2,(H,7,8)(H,9,10)(H,11,12). The second-order valence-corrected chi connectivity index (χ2v) is 8.83. The number of anilines is 1. The first-order valence-corrected chi connectivity index (χ1v) is 12.6. The highest BCUT2D eigenvalue weighted by molar-refractivity contribution is 5.88. The van der Waals surface area contributed by atoms with Gasteiger partial charge in [-0.3, -0.25) is 9.59 Å². The molecule has 0 spiro atoms. The van der Waals surface area contributed by atoms with Crippen LogP contribution in [-0.2, 0) is 28.0 Å². The number of aliphatic hydroxyl groups is 1. The quantitative estimate of drug-likeness (QED) is 0.195. The Morgan fingerprint density at radius 2 is 1.59 bits per heavy atom. The lowest BCUT2D eigenvalue weighted by molar-refractivity contribution is -0.170. The SMILES string of the molecule is CCN(Cc1cncn1C)c1cccc(OCCOc2ccccc2OC)c1.O=C(O)CC(O)(CC(=O)O)C(=O)O. The number of para-hydroxylation sites is 2. The molecule has 0 saturated carbocycles. The number of hydrogen-bond donors (Lipinski definition) is 4. The summed E-state index contributed by atoms with van der Waals surface area (Å²) >= 11 is 0. The summed E-state index contributed by atoms with van der Waals surface area (Å²) in [5.74, 6) is -2.76. The summed E-state index contributed by atoms with van der Waals surface area (Å²) in [7, 11) is 3.65. The van der Waals surface area contributed by atoms with Crippen molar-refractivity contribution >= 4 is 23.6 Å². The summed E-state index contributed by atoms with van der Waals surface area (Å²) in [6.45, 7) is 4.73. The minimum atomic E-state index is -2.74. The first-order valence-electron chi connectivity index (χ1n) is 12.6. The molecule has 3 aromatic rings. The number of rotatable bonds is 15. The van der Waals surface area contributed by atoms with Crippen LogP contribution in [-0.4, -0.2) is 80.4 Å². The van der Waals surface area contributed by atoms with Crippen LogP contribution in [0.3, 0.4) is 0 Å². The summed E-state index contributed by atoms with van der Waals surface area (Å²) in [6.07, 6.45) is 1.44. The van der Waals surface area contributed by atoms with E-state index in [1.807, 2.05) is 60.5 Å². The molecule has 0 saturated heterocycles. The number of carboxylic acid groups (broad SMARTS) is 3. The first-order chi connectivity index (χ1) is 19.5. The number of imidazole rings is 1. The summed E-state index contributed by atoms with van der Waals surface area (Å²) in [4.78, 5) is 37.0. The van der Waals surface area contributed by atoms with Crippen LogP contribution >= 0.6 is 0 Å². The molecule has 4 N–H and O–H groups in total. The van der Waals surface area contributed by atoms with E-state index in [0.717, 1.165) is 36.0 Å². The zero-order valence-electron chi connectivity index (χ0n) is 23.1. The zero-order chi connectivity index (χ0) is 30.4.